The van der Waals surface area contributed by atoms with Crippen LogP contribution in [0.5, 0.6) is 0 Å². The van der Waals surface area contributed by atoms with Crippen LogP contribution < -0.4 is 5.32 Å². The molecule has 1 atom stereocenters. The topological polar surface area (TPSA) is 66.4 Å². The van der Waals surface area contributed by atoms with E-state index in [2.05, 4.69) is 5.32 Å². The Labute approximate surface area is 133 Å². The number of hydrogen-bond acceptors (Lipinski definition) is 3. The number of rotatable bonds is 4. The lowest BCUT2D eigenvalue weighted by Gasteiger charge is -2.13. The van der Waals surface area contributed by atoms with E-state index in [1.54, 1.807) is 18.2 Å². The van der Waals surface area contributed by atoms with Crippen molar-refractivity contribution in [3.63, 3.8) is 0 Å². The number of ketones is 1. The summed E-state index contributed by atoms with van der Waals surface area (Å²) in [5.74, 6) is -1.53. The SMILES string of the molecule is O=C(C=Cc1ccccc1)C1=C(O)C(=O)NC1c1ccccc1. The van der Waals surface area contributed by atoms with Crippen molar-refractivity contribution in [2.45, 2.75) is 6.04 Å². The van der Waals surface area contributed by atoms with E-state index in [0.717, 1.165) is 11.1 Å². The number of carbonyl (C=O) groups excluding carboxylic acids is 2. The molecule has 4 heteroatoms. The summed E-state index contributed by atoms with van der Waals surface area (Å²) in [6, 6.07) is 17.8. The molecule has 1 heterocycles. The lowest BCUT2D eigenvalue weighted by molar-refractivity contribution is -0.119. The molecule has 1 amide bonds. The van der Waals surface area contributed by atoms with E-state index in [0.29, 0.717) is 0 Å². The first kappa shape index (κ1) is 14.8. The molecule has 2 N–H and O–H groups in total. The molecule has 3 rings (SSSR count). The van der Waals surface area contributed by atoms with E-state index in [1.165, 1.54) is 6.08 Å². The molecule has 2 aromatic carbocycles. The van der Waals surface area contributed by atoms with Gasteiger partial charge in [0.15, 0.2) is 11.5 Å². The van der Waals surface area contributed by atoms with Gasteiger partial charge in [0.1, 0.15) is 0 Å². The summed E-state index contributed by atoms with van der Waals surface area (Å²) < 4.78 is 0. The molecule has 4 nitrogen and oxygen atoms in total. The largest absolute Gasteiger partial charge is 0.503 e. The van der Waals surface area contributed by atoms with Crippen LogP contribution in [0.25, 0.3) is 6.08 Å². The third-order valence-corrected chi connectivity index (χ3v) is 3.66. The number of aliphatic hydroxyl groups excluding tert-OH is 1. The Kier molecular flexibility index (Phi) is 4.06. The Morgan fingerprint density at radius 1 is 1.00 bits per heavy atom. The van der Waals surface area contributed by atoms with Crippen LogP contribution in [0.1, 0.15) is 17.2 Å². The summed E-state index contributed by atoms with van der Waals surface area (Å²) >= 11 is 0. The fraction of sp³-hybridized carbons (Fsp3) is 0.0526. The summed E-state index contributed by atoms with van der Waals surface area (Å²) in [4.78, 5) is 24.2. The van der Waals surface area contributed by atoms with Crippen molar-refractivity contribution in [3.05, 3.63) is 89.2 Å². The number of allylic oxidation sites excluding steroid dienone is 1. The minimum atomic E-state index is -0.629. The fourth-order valence-corrected chi connectivity index (χ4v) is 2.51. The molecule has 2 aromatic rings. The first-order chi connectivity index (χ1) is 11.2. The molecule has 0 aromatic heterocycles. The predicted octanol–water partition coefficient (Wildman–Crippen LogP) is 2.95. The van der Waals surface area contributed by atoms with Gasteiger partial charge >= 0.3 is 0 Å². The quantitative estimate of drug-likeness (QED) is 0.853. The standard InChI is InChI=1S/C19H15NO3/c21-15(12-11-13-7-3-1-4-8-13)16-17(20-19(23)18(16)22)14-9-5-2-6-10-14/h1-12,17,22H,(H,20,23). The average Bonchev–Trinajstić information content (AvgIpc) is 2.90. The van der Waals surface area contributed by atoms with Gasteiger partial charge in [-0.1, -0.05) is 66.7 Å². The predicted molar refractivity (Wildman–Crippen MR) is 87.5 cm³/mol. The van der Waals surface area contributed by atoms with Crippen molar-refractivity contribution in [1.82, 2.24) is 5.32 Å². The van der Waals surface area contributed by atoms with Crippen LogP contribution in [-0.4, -0.2) is 16.8 Å². The normalized spacial score (nSPS) is 17.6. The van der Waals surface area contributed by atoms with E-state index in [1.807, 2.05) is 48.5 Å². The molecular weight excluding hydrogens is 290 g/mol. The summed E-state index contributed by atoms with van der Waals surface area (Å²) in [6.07, 6.45) is 3.03. The molecule has 0 bridgehead atoms. The van der Waals surface area contributed by atoms with Crippen LogP contribution in [0.15, 0.2) is 78.1 Å². The highest BCUT2D eigenvalue weighted by Gasteiger charge is 2.35. The Morgan fingerprint density at radius 2 is 1.61 bits per heavy atom. The van der Waals surface area contributed by atoms with Crippen LogP contribution in [0.3, 0.4) is 0 Å². The monoisotopic (exact) mass is 305 g/mol. The van der Waals surface area contributed by atoms with Crippen molar-refractivity contribution in [2.24, 2.45) is 0 Å². The maximum absolute atomic E-state index is 12.5. The van der Waals surface area contributed by atoms with Crippen molar-refractivity contribution in [3.8, 4) is 0 Å². The second kappa shape index (κ2) is 6.32. The van der Waals surface area contributed by atoms with Gasteiger partial charge in [0.25, 0.3) is 5.91 Å². The van der Waals surface area contributed by atoms with Gasteiger partial charge in [-0.05, 0) is 17.2 Å². The lowest BCUT2D eigenvalue weighted by atomic mass is 9.96. The van der Waals surface area contributed by atoms with Crippen LogP contribution in [0.2, 0.25) is 0 Å². The van der Waals surface area contributed by atoms with Crippen LogP contribution in [0, 0.1) is 0 Å². The van der Waals surface area contributed by atoms with E-state index < -0.39 is 23.5 Å². The number of amides is 1. The molecule has 0 aliphatic carbocycles. The Morgan fingerprint density at radius 3 is 2.26 bits per heavy atom. The maximum atomic E-state index is 12.5. The number of aliphatic hydroxyl groups is 1. The van der Waals surface area contributed by atoms with Crippen molar-refractivity contribution < 1.29 is 14.7 Å². The van der Waals surface area contributed by atoms with Crippen molar-refractivity contribution in [1.29, 1.82) is 0 Å². The first-order valence-corrected chi connectivity index (χ1v) is 7.23. The fourth-order valence-electron chi connectivity index (χ4n) is 2.51. The van der Waals surface area contributed by atoms with Gasteiger partial charge in [0.2, 0.25) is 0 Å². The summed E-state index contributed by atoms with van der Waals surface area (Å²) in [5, 5.41) is 12.6. The van der Waals surface area contributed by atoms with Crippen LogP contribution in [0.4, 0.5) is 0 Å². The van der Waals surface area contributed by atoms with Gasteiger partial charge in [-0.3, -0.25) is 9.59 Å². The van der Waals surface area contributed by atoms with Gasteiger partial charge in [-0.15, -0.1) is 0 Å². The second-order valence-electron chi connectivity index (χ2n) is 5.19. The molecule has 1 aliphatic heterocycles. The van der Waals surface area contributed by atoms with E-state index in [9.17, 15) is 14.7 Å². The van der Waals surface area contributed by atoms with Gasteiger partial charge in [0, 0.05) is 0 Å². The molecule has 0 saturated carbocycles. The minimum absolute atomic E-state index is 0.0772. The molecular formula is C19H15NO3. The molecule has 23 heavy (non-hydrogen) atoms. The number of benzene rings is 2. The lowest BCUT2D eigenvalue weighted by Crippen LogP contribution is -2.23. The zero-order chi connectivity index (χ0) is 16.2. The number of carbonyl (C=O) groups is 2. The molecule has 0 spiro atoms. The van der Waals surface area contributed by atoms with Crippen LogP contribution in [-0.2, 0) is 9.59 Å². The third-order valence-electron chi connectivity index (χ3n) is 3.66. The molecule has 0 fully saturated rings. The van der Waals surface area contributed by atoms with Crippen molar-refractivity contribution in [2.75, 3.05) is 0 Å². The maximum Gasteiger partial charge on any atom is 0.287 e. The van der Waals surface area contributed by atoms with Gasteiger partial charge < -0.3 is 10.4 Å². The molecule has 1 aliphatic rings. The van der Waals surface area contributed by atoms with Gasteiger partial charge in [-0.25, -0.2) is 0 Å². The Balaban J connectivity index is 1.90. The van der Waals surface area contributed by atoms with Crippen molar-refractivity contribution >= 4 is 17.8 Å². The number of nitrogens with one attached hydrogen (secondary N) is 1. The van der Waals surface area contributed by atoms with E-state index >= 15 is 0 Å². The third kappa shape index (κ3) is 3.06. The summed E-state index contributed by atoms with van der Waals surface area (Å²) in [6.45, 7) is 0. The highest BCUT2D eigenvalue weighted by atomic mass is 16.3. The summed E-state index contributed by atoms with van der Waals surface area (Å²) in [7, 11) is 0. The molecule has 0 radical (unpaired) electrons. The average molecular weight is 305 g/mol. The Bertz CT molecular complexity index is 792. The summed E-state index contributed by atoms with van der Waals surface area (Å²) in [5.41, 5.74) is 1.70. The molecule has 114 valence electrons. The highest BCUT2D eigenvalue weighted by molar-refractivity contribution is 6.14. The van der Waals surface area contributed by atoms with Gasteiger partial charge in [-0.2, -0.15) is 0 Å². The van der Waals surface area contributed by atoms with Crippen LogP contribution >= 0.6 is 0 Å². The Hall–Kier alpha value is -3.14. The van der Waals surface area contributed by atoms with Gasteiger partial charge in [0.05, 0.1) is 11.6 Å². The first-order valence-electron chi connectivity index (χ1n) is 7.23. The second-order valence-corrected chi connectivity index (χ2v) is 5.19. The number of hydrogen-bond donors (Lipinski definition) is 2. The van der Waals surface area contributed by atoms with E-state index in [4.69, 9.17) is 0 Å². The molecule has 1 unspecified atom stereocenters. The van der Waals surface area contributed by atoms with E-state index in [-0.39, 0.29) is 5.57 Å². The zero-order valence-corrected chi connectivity index (χ0v) is 12.3. The zero-order valence-electron chi connectivity index (χ0n) is 12.3. The highest BCUT2D eigenvalue weighted by Crippen LogP contribution is 2.30. The molecule has 0 saturated heterocycles. The smallest absolute Gasteiger partial charge is 0.287 e. The minimum Gasteiger partial charge on any atom is -0.503 e.